The molecule has 0 saturated heterocycles. The molecule has 0 saturated carbocycles. The topological polar surface area (TPSA) is 54.6 Å². The van der Waals surface area contributed by atoms with Crippen molar-refractivity contribution in [2.45, 2.75) is 12.3 Å². The molecule has 1 aromatic heterocycles. The van der Waals surface area contributed by atoms with Crippen LogP contribution in [-0.2, 0) is 12.3 Å². The zero-order valence-electron chi connectivity index (χ0n) is 14.1. The minimum Gasteiger partial charge on any atom is -0.451 e. The van der Waals surface area contributed by atoms with Crippen molar-refractivity contribution in [1.29, 1.82) is 0 Å². The molecule has 4 rings (SSSR count). The van der Waals surface area contributed by atoms with Gasteiger partial charge in [0.1, 0.15) is 9.96 Å². The number of carbonyl (C=O) groups is 1. The number of para-hydroxylation sites is 1. The second-order valence-corrected chi connectivity index (χ2v) is 8.17. The van der Waals surface area contributed by atoms with Crippen LogP contribution in [0.25, 0.3) is 11.0 Å². The van der Waals surface area contributed by atoms with Gasteiger partial charge in [-0.1, -0.05) is 72.1 Å². The third-order valence-electron chi connectivity index (χ3n) is 4.10. The highest BCUT2D eigenvalue weighted by Crippen LogP contribution is 2.32. The number of rotatable bonds is 5. The lowest BCUT2D eigenvalue weighted by atomic mass is 10.1. The van der Waals surface area contributed by atoms with Gasteiger partial charge in [-0.05, 0) is 11.6 Å². The maximum absolute atomic E-state index is 12.8. The number of carbonyl (C=O) groups excluding carboxylic acids is 1. The fraction of sp³-hybridized carbons (Fsp3) is 0.200. The number of amides is 1. The lowest BCUT2D eigenvalue weighted by Gasteiger charge is -2.06. The summed E-state index contributed by atoms with van der Waals surface area (Å²) in [6.07, 6.45) is 0. The van der Waals surface area contributed by atoms with Crippen molar-refractivity contribution in [1.82, 2.24) is 5.32 Å². The number of nitrogens with zero attached hydrogens (tertiary/aromatic N) is 1. The molecule has 132 valence electrons. The lowest BCUT2D eigenvalue weighted by Crippen LogP contribution is -2.23. The molecule has 0 bridgehead atoms. The van der Waals surface area contributed by atoms with Crippen LogP contribution < -0.4 is 5.32 Å². The van der Waals surface area contributed by atoms with Crippen LogP contribution in [0.3, 0.4) is 0 Å². The summed E-state index contributed by atoms with van der Waals surface area (Å²) in [5, 5.41) is 3.96. The molecule has 1 N–H and O–H groups in total. The maximum Gasteiger partial charge on any atom is 0.287 e. The Bertz CT molecular complexity index is 951. The first-order chi connectivity index (χ1) is 12.8. The highest BCUT2D eigenvalue weighted by Gasteiger charge is 2.21. The molecule has 0 spiro atoms. The van der Waals surface area contributed by atoms with Gasteiger partial charge in [0.25, 0.3) is 5.91 Å². The fourth-order valence-corrected chi connectivity index (χ4v) is 4.86. The number of thioether (sulfide) groups is 2. The molecule has 0 radical (unpaired) electrons. The number of hydrogen-bond acceptors (Lipinski definition) is 5. The highest BCUT2D eigenvalue weighted by molar-refractivity contribution is 8.38. The van der Waals surface area contributed by atoms with Gasteiger partial charge in [-0.15, -0.1) is 0 Å². The summed E-state index contributed by atoms with van der Waals surface area (Å²) >= 11 is 3.45. The van der Waals surface area contributed by atoms with Crippen molar-refractivity contribution in [3.8, 4) is 0 Å². The highest BCUT2D eigenvalue weighted by atomic mass is 32.2. The second kappa shape index (κ2) is 8.01. The van der Waals surface area contributed by atoms with E-state index < -0.39 is 0 Å². The van der Waals surface area contributed by atoms with Gasteiger partial charge in [-0.3, -0.25) is 9.79 Å². The molecule has 2 heterocycles. The fourth-order valence-electron chi connectivity index (χ4n) is 2.82. The largest absolute Gasteiger partial charge is 0.451 e. The summed E-state index contributed by atoms with van der Waals surface area (Å²) in [6, 6.07) is 17.7. The van der Waals surface area contributed by atoms with Crippen molar-refractivity contribution < 1.29 is 9.21 Å². The third-order valence-corrected chi connectivity index (χ3v) is 6.38. The van der Waals surface area contributed by atoms with E-state index in [1.54, 1.807) is 23.5 Å². The molecule has 26 heavy (non-hydrogen) atoms. The molecule has 0 atom stereocenters. The first-order valence-corrected chi connectivity index (χ1v) is 10.4. The van der Waals surface area contributed by atoms with Gasteiger partial charge in [-0.25, -0.2) is 0 Å². The van der Waals surface area contributed by atoms with Crippen molar-refractivity contribution in [2.75, 3.05) is 12.3 Å². The molecule has 0 fully saturated rings. The smallest absolute Gasteiger partial charge is 0.287 e. The number of hydrogen-bond donors (Lipinski definition) is 1. The van der Waals surface area contributed by atoms with Crippen LogP contribution in [0.1, 0.15) is 21.7 Å². The summed E-state index contributed by atoms with van der Waals surface area (Å²) in [7, 11) is 0. The third kappa shape index (κ3) is 3.81. The first-order valence-electron chi connectivity index (χ1n) is 8.44. The van der Waals surface area contributed by atoms with Crippen molar-refractivity contribution in [3.63, 3.8) is 0 Å². The first kappa shape index (κ1) is 17.2. The minimum atomic E-state index is -0.179. The van der Waals surface area contributed by atoms with Gasteiger partial charge in [0, 0.05) is 29.0 Å². The Hall–Kier alpha value is -2.18. The Labute approximate surface area is 160 Å². The van der Waals surface area contributed by atoms with Gasteiger partial charge in [0.15, 0.2) is 5.76 Å². The summed E-state index contributed by atoms with van der Waals surface area (Å²) in [5.41, 5.74) is 2.74. The molecule has 4 nitrogen and oxygen atoms in total. The standard InChI is InChI=1S/C20H18N2O2S2/c23-19(22-12-14-6-2-1-3-7-14)18-16(13-26-20-21-10-11-25-20)15-8-4-5-9-17(15)24-18/h1-9H,10-13H2,(H,22,23). The molecular weight excluding hydrogens is 364 g/mol. The van der Waals surface area contributed by atoms with Crippen LogP contribution in [0.2, 0.25) is 0 Å². The Morgan fingerprint density at radius 3 is 2.77 bits per heavy atom. The van der Waals surface area contributed by atoms with E-state index in [0.717, 1.165) is 38.8 Å². The van der Waals surface area contributed by atoms with E-state index in [4.69, 9.17) is 4.42 Å². The van der Waals surface area contributed by atoms with E-state index in [0.29, 0.717) is 18.1 Å². The maximum atomic E-state index is 12.8. The second-order valence-electron chi connectivity index (χ2n) is 5.86. The molecule has 1 aliphatic rings. The van der Waals surface area contributed by atoms with E-state index in [1.807, 2.05) is 54.6 Å². The predicted molar refractivity (Wildman–Crippen MR) is 110 cm³/mol. The molecule has 1 amide bonds. The molecule has 6 heteroatoms. The molecule has 2 aromatic carbocycles. The van der Waals surface area contributed by atoms with Gasteiger partial charge in [0.05, 0.1) is 6.54 Å². The van der Waals surface area contributed by atoms with E-state index in [1.165, 1.54) is 0 Å². The molecule has 3 aromatic rings. The average molecular weight is 383 g/mol. The predicted octanol–water partition coefficient (Wildman–Crippen LogP) is 4.70. The van der Waals surface area contributed by atoms with E-state index in [2.05, 4.69) is 10.3 Å². The molecule has 0 unspecified atom stereocenters. The van der Waals surface area contributed by atoms with Crippen molar-refractivity contribution in [3.05, 3.63) is 71.5 Å². The number of nitrogens with one attached hydrogen (secondary N) is 1. The number of fused-ring (bicyclic) bond motifs is 1. The van der Waals surface area contributed by atoms with Crippen LogP contribution in [0.4, 0.5) is 0 Å². The Morgan fingerprint density at radius 1 is 1.15 bits per heavy atom. The number of aliphatic imine (C=N–C) groups is 1. The van der Waals surface area contributed by atoms with Gasteiger partial charge >= 0.3 is 0 Å². The van der Waals surface area contributed by atoms with E-state index in [-0.39, 0.29) is 5.91 Å². The van der Waals surface area contributed by atoms with Gasteiger partial charge < -0.3 is 9.73 Å². The lowest BCUT2D eigenvalue weighted by molar-refractivity contribution is 0.0924. The van der Waals surface area contributed by atoms with Crippen LogP contribution in [-0.4, -0.2) is 22.6 Å². The van der Waals surface area contributed by atoms with Gasteiger partial charge in [-0.2, -0.15) is 0 Å². The molecule has 1 aliphatic heterocycles. The molecule has 0 aliphatic carbocycles. The average Bonchev–Trinajstić information content (AvgIpc) is 3.33. The van der Waals surface area contributed by atoms with E-state index >= 15 is 0 Å². The van der Waals surface area contributed by atoms with E-state index in [9.17, 15) is 4.79 Å². The SMILES string of the molecule is O=C(NCc1ccccc1)c1oc2ccccc2c1CSC1=NCCS1. The van der Waals surface area contributed by atoms with Crippen LogP contribution in [0.5, 0.6) is 0 Å². The Morgan fingerprint density at radius 2 is 1.96 bits per heavy atom. The van der Waals surface area contributed by atoms with Gasteiger partial charge in [0.2, 0.25) is 0 Å². The van der Waals surface area contributed by atoms with Crippen LogP contribution >= 0.6 is 23.5 Å². The minimum absolute atomic E-state index is 0.179. The van der Waals surface area contributed by atoms with Crippen LogP contribution in [0, 0.1) is 0 Å². The molecular formula is C20H18N2O2S2. The summed E-state index contributed by atoms with van der Waals surface area (Å²) < 4.78 is 6.98. The zero-order chi connectivity index (χ0) is 17.8. The summed E-state index contributed by atoms with van der Waals surface area (Å²) in [6.45, 7) is 1.36. The quantitative estimate of drug-likeness (QED) is 0.695. The monoisotopic (exact) mass is 382 g/mol. The van der Waals surface area contributed by atoms with Crippen molar-refractivity contribution in [2.24, 2.45) is 4.99 Å². The zero-order valence-corrected chi connectivity index (χ0v) is 15.7. The summed E-state index contributed by atoms with van der Waals surface area (Å²) in [4.78, 5) is 17.2. The Balaban J connectivity index is 1.56. The normalized spacial score (nSPS) is 13.8. The van der Waals surface area contributed by atoms with Crippen LogP contribution in [0.15, 0.2) is 64.0 Å². The van der Waals surface area contributed by atoms with Crippen molar-refractivity contribution >= 4 is 44.8 Å². The summed E-state index contributed by atoms with van der Waals surface area (Å²) in [5.74, 6) is 1.94. The number of benzene rings is 2. The Kier molecular flexibility index (Phi) is 5.32. The number of furan rings is 1.